The molecule has 142 valence electrons. The van der Waals surface area contributed by atoms with E-state index in [2.05, 4.69) is 15.3 Å². The van der Waals surface area contributed by atoms with E-state index in [4.69, 9.17) is 9.47 Å². The number of ether oxygens (including phenoxy) is 2. The van der Waals surface area contributed by atoms with Crippen LogP contribution in [-0.4, -0.2) is 59.0 Å². The minimum atomic E-state index is -3.62. The van der Waals surface area contributed by atoms with Crippen molar-refractivity contribution < 1.29 is 17.9 Å². The third-order valence-corrected chi connectivity index (χ3v) is 6.61. The van der Waals surface area contributed by atoms with Crippen molar-refractivity contribution in [3.05, 3.63) is 23.5 Å². The van der Waals surface area contributed by atoms with Crippen molar-refractivity contribution in [2.75, 3.05) is 20.2 Å². The molecule has 0 aromatic carbocycles. The van der Waals surface area contributed by atoms with Crippen LogP contribution in [0.15, 0.2) is 17.0 Å². The molecule has 0 saturated carbocycles. The SMILES string of the molecule is COc1ccc(OC2CCCN(S(=O)(=O)c3c(C)nn(C)c3C)C2)nn1. The molecule has 26 heavy (non-hydrogen) atoms. The molecule has 1 fully saturated rings. The second-order valence-corrected chi connectivity index (χ2v) is 8.16. The summed E-state index contributed by atoms with van der Waals surface area (Å²) in [5.74, 6) is 0.747. The van der Waals surface area contributed by atoms with Crippen LogP contribution in [-0.2, 0) is 17.1 Å². The second kappa shape index (κ2) is 7.20. The molecule has 1 unspecified atom stereocenters. The molecule has 10 heteroatoms. The summed E-state index contributed by atoms with van der Waals surface area (Å²) in [7, 11) is -0.372. The van der Waals surface area contributed by atoms with Crippen molar-refractivity contribution in [1.82, 2.24) is 24.3 Å². The molecule has 1 aliphatic heterocycles. The van der Waals surface area contributed by atoms with Crippen molar-refractivity contribution >= 4 is 10.0 Å². The Morgan fingerprint density at radius 2 is 1.88 bits per heavy atom. The smallest absolute Gasteiger partial charge is 0.246 e. The average Bonchev–Trinajstić information content (AvgIpc) is 2.88. The monoisotopic (exact) mass is 381 g/mol. The van der Waals surface area contributed by atoms with Gasteiger partial charge in [-0.25, -0.2) is 8.42 Å². The van der Waals surface area contributed by atoms with Gasteiger partial charge in [0, 0.05) is 25.7 Å². The molecular formula is C16H23N5O4S. The summed E-state index contributed by atoms with van der Waals surface area (Å²) in [6.07, 6.45) is 1.19. The Kier molecular flexibility index (Phi) is 5.15. The predicted octanol–water partition coefficient (Wildman–Crippen LogP) is 1.07. The van der Waals surface area contributed by atoms with Gasteiger partial charge in [-0.2, -0.15) is 9.40 Å². The fraction of sp³-hybridized carbons (Fsp3) is 0.562. The maximum absolute atomic E-state index is 13.1. The Hall–Kier alpha value is -2.20. The molecule has 0 bridgehead atoms. The quantitative estimate of drug-likeness (QED) is 0.764. The maximum atomic E-state index is 13.1. The fourth-order valence-electron chi connectivity index (χ4n) is 3.13. The number of methoxy groups -OCH3 is 1. The Bertz CT molecular complexity index is 879. The first-order chi connectivity index (χ1) is 12.3. The van der Waals surface area contributed by atoms with Crippen molar-refractivity contribution in [2.45, 2.75) is 37.7 Å². The van der Waals surface area contributed by atoms with Crippen molar-refractivity contribution in [1.29, 1.82) is 0 Å². The van der Waals surface area contributed by atoms with Crippen molar-refractivity contribution in [2.24, 2.45) is 7.05 Å². The van der Waals surface area contributed by atoms with Crippen LogP contribution in [0.1, 0.15) is 24.2 Å². The van der Waals surface area contributed by atoms with Gasteiger partial charge in [0.1, 0.15) is 11.0 Å². The van der Waals surface area contributed by atoms with E-state index in [-0.39, 0.29) is 17.5 Å². The number of piperidine rings is 1. The highest BCUT2D eigenvalue weighted by molar-refractivity contribution is 7.89. The normalized spacial score (nSPS) is 18.7. The highest BCUT2D eigenvalue weighted by Crippen LogP contribution is 2.27. The van der Waals surface area contributed by atoms with Crippen LogP contribution in [0.5, 0.6) is 11.8 Å². The Labute approximate surface area is 153 Å². The number of sulfonamides is 1. The summed E-state index contributed by atoms with van der Waals surface area (Å²) in [5.41, 5.74) is 1.14. The number of aryl methyl sites for hydroxylation is 2. The first kappa shape index (κ1) is 18.6. The first-order valence-corrected chi connectivity index (χ1v) is 9.81. The van der Waals surface area contributed by atoms with Crippen LogP contribution in [0.3, 0.4) is 0 Å². The van der Waals surface area contributed by atoms with Crippen LogP contribution in [0.4, 0.5) is 0 Å². The minimum Gasteiger partial charge on any atom is -0.480 e. The van der Waals surface area contributed by atoms with Crippen LogP contribution >= 0.6 is 0 Å². The predicted molar refractivity (Wildman–Crippen MR) is 93.7 cm³/mol. The van der Waals surface area contributed by atoms with Gasteiger partial charge in [0.15, 0.2) is 0 Å². The fourth-order valence-corrected chi connectivity index (χ4v) is 5.04. The molecule has 1 saturated heterocycles. The molecule has 1 atom stereocenters. The lowest BCUT2D eigenvalue weighted by Crippen LogP contribution is -2.44. The zero-order valence-electron chi connectivity index (χ0n) is 15.3. The van der Waals surface area contributed by atoms with Gasteiger partial charge in [-0.05, 0) is 26.7 Å². The molecule has 0 aliphatic carbocycles. The average molecular weight is 381 g/mol. The van der Waals surface area contributed by atoms with E-state index in [0.29, 0.717) is 36.1 Å². The van der Waals surface area contributed by atoms with E-state index in [9.17, 15) is 8.42 Å². The molecule has 0 spiro atoms. The molecule has 9 nitrogen and oxygen atoms in total. The van der Waals surface area contributed by atoms with Gasteiger partial charge < -0.3 is 9.47 Å². The zero-order chi connectivity index (χ0) is 18.9. The van der Waals surface area contributed by atoms with E-state index < -0.39 is 10.0 Å². The van der Waals surface area contributed by atoms with Gasteiger partial charge in [-0.15, -0.1) is 10.2 Å². The standard InChI is InChI=1S/C16H23N5O4S/c1-11-16(12(2)20(3)19-11)26(22,23)21-9-5-6-13(10-21)25-15-8-7-14(24-4)17-18-15/h7-8,13H,5-6,9-10H2,1-4H3. The van der Waals surface area contributed by atoms with E-state index in [0.717, 1.165) is 6.42 Å². The number of nitrogens with zero attached hydrogens (tertiary/aromatic N) is 5. The molecule has 0 N–H and O–H groups in total. The topological polar surface area (TPSA) is 99.4 Å². The summed E-state index contributed by atoms with van der Waals surface area (Å²) in [5, 5.41) is 12.0. The molecule has 2 aromatic heterocycles. The van der Waals surface area contributed by atoms with Crippen LogP contribution in [0.2, 0.25) is 0 Å². The van der Waals surface area contributed by atoms with Gasteiger partial charge in [0.2, 0.25) is 21.8 Å². The minimum absolute atomic E-state index is 0.268. The zero-order valence-corrected chi connectivity index (χ0v) is 16.2. The number of hydrogen-bond donors (Lipinski definition) is 0. The van der Waals surface area contributed by atoms with Gasteiger partial charge in [0.05, 0.1) is 25.0 Å². The highest BCUT2D eigenvalue weighted by atomic mass is 32.2. The van der Waals surface area contributed by atoms with E-state index in [1.807, 2.05) is 0 Å². The summed E-state index contributed by atoms with van der Waals surface area (Å²) in [6, 6.07) is 3.32. The number of aromatic nitrogens is 4. The summed E-state index contributed by atoms with van der Waals surface area (Å²) in [4.78, 5) is 0.282. The Morgan fingerprint density at radius 1 is 1.19 bits per heavy atom. The number of rotatable bonds is 5. The Balaban J connectivity index is 1.76. The summed E-state index contributed by atoms with van der Waals surface area (Å²) < 4.78 is 40.0. The van der Waals surface area contributed by atoms with Crippen LogP contribution in [0, 0.1) is 13.8 Å². The highest BCUT2D eigenvalue weighted by Gasteiger charge is 2.34. The lowest BCUT2D eigenvalue weighted by molar-refractivity contribution is 0.123. The molecule has 1 aliphatic rings. The van der Waals surface area contributed by atoms with E-state index in [1.54, 1.807) is 37.7 Å². The summed E-state index contributed by atoms with van der Waals surface area (Å²) >= 11 is 0. The van der Waals surface area contributed by atoms with Gasteiger partial charge >= 0.3 is 0 Å². The van der Waals surface area contributed by atoms with Crippen LogP contribution < -0.4 is 9.47 Å². The maximum Gasteiger partial charge on any atom is 0.246 e. The first-order valence-electron chi connectivity index (χ1n) is 8.37. The molecule has 0 radical (unpaired) electrons. The van der Waals surface area contributed by atoms with Gasteiger partial charge in [-0.1, -0.05) is 0 Å². The van der Waals surface area contributed by atoms with Crippen molar-refractivity contribution in [3.8, 4) is 11.8 Å². The van der Waals surface area contributed by atoms with Gasteiger partial charge in [-0.3, -0.25) is 4.68 Å². The van der Waals surface area contributed by atoms with E-state index in [1.165, 1.54) is 11.4 Å². The van der Waals surface area contributed by atoms with Crippen LogP contribution in [0.25, 0.3) is 0 Å². The second-order valence-electron chi connectivity index (χ2n) is 6.28. The largest absolute Gasteiger partial charge is 0.480 e. The van der Waals surface area contributed by atoms with E-state index >= 15 is 0 Å². The lowest BCUT2D eigenvalue weighted by Gasteiger charge is -2.31. The third-order valence-electron chi connectivity index (χ3n) is 4.49. The summed E-state index contributed by atoms with van der Waals surface area (Å²) in [6.45, 7) is 4.20. The molecule has 0 amide bonds. The van der Waals surface area contributed by atoms with Gasteiger partial charge in [0.25, 0.3) is 0 Å². The molecule has 3 heterocycles. The Morgan fingerprint density at radius 3 is 2.46 bits per heavy atom. The third kappa shape index (κ3) is 3.51. The lowest BCUT2D eigenvalue weighted by atomic mass is 10.1. The molecule has 3 rings (SSSR count). The van der Waals surface area contributed by atoms with Crippen molar-refractivity contribution in [3.63, 3.8) is 0 Å². The molecular weight excluding hydrogens is 358 g/mol. The number of hydrogen-bond acceptors (Lipinski definition) is 7. The molecule has 2 aromatic rings.